The molecule has 0 aromatic heterocycles. The summed E-state index contributed by atoms with van der Waals surface area (Å²) < 4.78 is 0. The van der Waals surface area contributed by atoms with Gasteiger partial charge in [0.25, 0.3) is 5.91 Å². The van der Waals surface area contributed by atoms with E-state index in [9.17, 15) is 4.79 Å². The first-order valence-electron chi connectivity index (χ1n) is 12.6. The van der Waals surface area contributed by atoms with Gasteiger partial charge in [-0.2, -0.15) is 5.17 Å². The van der Waals surface area contributed by atoms with Crippen molar-refractivity contribution in [3.63, 3.8) is 0 Å². The van der Waals surface area contributed by atoms with Crippen LogP contribution >= 0.6 is 11.6 Å². The summed E-state index contributed by atoms with van der Waals surface area (Å²) in [4.78, 5) is 22.2. The molecule has 1 saturated heterocycles. The topological polar surface area (TPSA) is 48.1 Å². The molecule has 4 saturated carbocycles. The summed E-state index contributed by atoms with van der Waals surface area (Å²) in [6.07, 6.45) is 11.6. The highest BCUT2D eigenvalue weighted by Crippen LogP contribution is 2.60. The summed E-state index contributed by atoms with van der Waals surface area (Å²) in [5.74, 6) is 2.36. The molecule has 1 aromatic carbocycles. The maximum absolute atomic E-state index is 14.0. The lowest BCUT2D eigenvalue weighted by molar-refractivity contribution is -0.120. The van der Waals surface area contributed by atoms with E-state index in [4.69, 9.17) is 16.4 Å². The molecule has 6 nitrogen and oxygen atoms in total. The van der Waals surface area contributed by atoms with Gasteiger partial charge in [-0.3, -0.25) is 14.6 Å². The van der Waals surface area contributed by atoms with Gasteiger partial charge >= 0.3 is 0 Å². The second-order valence-electron chi connectivity index (χ2n) is 11.0. The number of halogens is 1. The number of hydrogen-bond donors (Lipinski definition) is 1. The van der Waals surface area contributed by atoms with E-state index in [1.54, 1.807) is 12.3 Å². The van der Waals surface area contributed by atoms with Crippen LogP contribution in [0.15, 0.2) is 36.0 Å². The standard InChI is InChI=1S/C26H35ClN4O2/c1-29-10-4-3-5-23(29)24-22(16-30(33-2)31(24)21-8-6-20(27)7-9-21)25(32)28-26-14-17-11-18(15-26)13-19(26)12-17/h6-9,16-19,23-24H,3-5,10-15H2,1-2H3,(H,28,32). The molecule has 0 spiro atoms. The quantitative estimate of drug-likeness (QED) is 0.692. The van der Waals surface area contributed by atoms with Gasteiger partial charge in [-0.15, -0.1) is 0 Å². The normalized spacial score (nSPS) is 37.7. The van der Waals surface area contributed by atoms with Crippen LogP contribution in [0.2, 0.25) is 5.02 Å². The Hall–Kier alpha value is -1.76. The Morgan fingerprint density at radius 3 is 2.52 bits per heavy atom. The summed E-state index contributed by atoms with van der Waals surface area (Å²) in [7, 11) is 3.85. The predicted octanol–water partition coefficient (Wildman–Crippen LogP) is 4.37. The number of hydrazine groups is 1. The predicted molar refractivity (Wildman–Crippen MR) is 129 cm³/mol. The minimum atomic E-state index is -0.108. The van der Waals surface area contributed by atoms with Crippen molar-refractivity contribution in [1.29, 1.82) is 0 Å². The van der Waals surface area contributed by atoms with E-state index in [0.717, 1.165) is 48.9 Å². The average molecular weight is 471 g/mol. The van der Waals surface area contributed by atoms with Crippen molar-refractivity contribution in [2.45, 2.75) is 69.0 Å². The number of likely N-dealkylation sites (tertiary alicyclic amines) is 1. The lowest BCUT2D eigenvalue weighted by atomic mass is 9.80. The van der Waals surface area contributed by atoms with Gasteiger partial charge in [0, 0.05) is 16.6 Å². The summed E-state index contributed by atoms with van der Waals surface area (Å²) >= 11 is 6.19. The molecule has 4 bridgehead atoms. The minimum absolute atomic E-state index is 0.0140. The zero-order valence-electron chi connectivity index (χ0n) is 19.7. The van der Waals surface area contributed by atoms with E-state index >= 15 is 0 Å². The van der Waals surface area contributed by atoms with Crippen LogP contribution in [0.3, 0.4) is 0 Å². The van der Waals surface area contributed by atoms with Gasteiger partial charge in [-0.05, 0) is 101 Å². The number of anilines is 1. The second kappa shape index (κ2) is 8.17. The number of hydroxylamine groups is 1. The molecule has 6 aliphatic rings. The number of hydrogen-bond acceptors (Lipinski definition) is 5. The fourth-order valence-electron chi connectivity index (χ4n) is 7.88. The number of amides is 1. The highest BCUT2D eigenvalue weighted by atomic mass is 35.5. The molecule has 4 unspecified atom stereocenters. The Bertz CT molecular complexity index is 936. The van der Waals surface area contributed by atoms with Crippen LogP contribution in [0.5, 0.6) is 0 Å². The number of benzene rings is 1. The molecule has 7 heteroatoms. The van der Waals surface area contributed by atoms with E-state index in [1.807, 2.05) is 30.5 Å². The van der Waals surface area contributed by atoms with E-state index in [0.29, 0.717) is 10.9 Å². The molecule has 4 atom stereocenters. The first-order chi connectivity index (χ1) is 16.0. The van der Waals surface area contributed by atoms with Gasteiger partial charge in [0.05, 0.1) is 24.6 Å². The Labute approximate surface area is 201 Å². The number of carbonyl (C=O) groups is 1. The molecule has 4 aliphatic carbocycles. The molecular weight excluding hydrogens is 436 g/mol. The maximum Gasteiger partial charge on any atom is 0.251 e. The van der Waals surface area contributed by atoms with Crippen molar-refractivity contribution in [3.8, 4) is 0 Å². The highest BCUT2D eigenvalue weighted by molar-refractivity contribution is 6.30. The van der Waals surface area contributed by atoms with Gasteiger partial charge in [-0.1, -0.05) is 18.0 Å². The number of likely N-dealkylation sites (N-methyl/N-ethyl adjacent to an activating group) is 1. The first kappa shape index (κ1) is 21.8. The van der Waals surface area contributed by atoms with Crippen LogP contribution in [-0.4, -0.2) is 54.3 Å². The smallest absolute Gasteiger partial charge is 0.251 e. The van der Waals surface area contributed by atoms with Crippen LogP contribution in [0.1, 0.15) is 51.4 Å². The SMILES string of the molecule is CON1C=C(C(=O)NC23CC4CC(CC2C4)C3)C(C2CCCCN2C)N1c1ccc(Cl)cc1. The summed E-state index contributed by atoms with van der Waals surface area (Å²) in [5, 5.41) is 8.18. The highest BCUT2D eigenvalue weighted by Gasteiger charge is 2.59. The summed E-state index contributed by atoms with van der Waals surface area (Å²) in [6.45, 7) is 1.05. The molecule has 178 valence electrons. The monoisotopic (exact) mass is 470 g/mol. The molecule has 1 aromatic rings. The Morgan fingerprint density at radius 2 is 1.85 bits per heavy atom. The minimum Gasteiger partial charge on any atom is -0.346 e. The molecule has 33 heavy (non-hydrogen) atoms. The Morgan fingerprint density at radius 1 is 1.12 bits per heavy atom. The van der Waals surface area contributed by atoms with Crippen LogP contribution in [-0.2, 0) is 9.63 Å². The molecule has 7 rings (SSSR count). The Kier molecular flexibility index (Phi) is 5.39. The van der Waals surface area contributed by atoms with E-state index in [2.05, 4.69) is 22.3 Å². The number of piperidine rings is 1. The van der Waals surface area contributed by atoms with Gasteiger partial charge in [0.1, 0.15) is 6.04 Å². The Balaban J connectivity index is 1.34. The molecule has 2 aliphatic heterocycles. The van der Waals surface area contributed by atoms with Crippen LogP contribution < -0.4 is 10.3 Å². The van der Waals surface area contributed by atoms with Crippen molar-refractivity contribution in [3.05, 3.63) is 41.1 Å². The molecule has 1 amide bonds. The number of rotatable bonds is 5. The molecule has 2 heterocycles. The maximum atomic E-state index is 14.0. The van der Waals surface area contributed by atoms with Crippen LogP contribution in [0, 0.1) is 17.8 Å². The first-order valence-corrected chi connectivity index (χ1v) is 13.0. The zero-order chi connectivity index (χ0) is 22.7. The summed E-state index contributed by atoms with van der Waals surface area (Å²) in [6, 6.07) is 7.95. The van der Waals surface area contributed by atoms with Gasteiger partial charge in [0.15, 0.2) is 0 Å². The number of nitrogens with one attached hydrogen (secondary N) is 1. The fraction of sp³-hybridized carbons (Fsp3) is 0.654. The van der Waals surface area contributed by atoms with E-state index in [-0.39, 0.29) is 23.5 Å². The molecule has 5 fully saturated rings. The second-order valence-corrected chi connectivity index (χ2v) is 11.5. The van der Waals surface area contributed by atoms with Crippen molar-refractivity contribution in [2.24, 2.45) is 17.8 Å². The van der Waals surface area contributed by atoms with Crippen molar-refractivity contribution >= 4 is 23.2 Å². The van der Waals surface area contributed by atoms with Gasteiger partial charge in [-0.25, -0.2) is 0 Å². The molecule has 0 radical (unpaired) electrons. The lowest BCUT2D eigenvalue weighted by Crippen LogP contribution is -2.57. The zero-order valence-corrected chi connectivity index (χ0v) is 20.4. The molecule has 1 N–H and O–H groups in total. The van der Waals surface area contributed by atoms with E-state index in [1.165, 1.54) is 32.1 Å². The van der Waals surface area contributed by atoms with Gasteiger partial charge in [0.2, 0.25) is 0 Å². The fourth-order valence-corrected chi connectivity index (χ4v) is 8.01. The third-order valence-electron chi connectivity index (χ3n) is 9.13. The third-order valence-corrected chi connectivity index (χ3v) is 9.38. The van der Waals surface area contributed by atoms with Crippen molar-refractivity contribution < 1.29 is 9.63 Å². The van der Waals surface area contributed by atoms with Crippen LogP contribution in [0.25, 0.3) is 0 Å². The number of nitrogens with zero attached hydrogens (tertiary/aromatic N) is 3. The third kappa shape index (κ3) is 3.57. The van der Waals surface area contributed by atoms with Crippen molar-refractivity contribution in [2.75, 3.05) is 25.7 Å². The van der Waals surface area contributed by atoms with Gasteiger partial charge < -0.3 is 10.2 Å². The average Bonchev–Trinajstić information content (AvgIpc) is 3.37. The number of carbonyl (C=O) groups excluding carboxylic acids is 1. The summed E-state index contributed by atoms with van der Waals surface area (Å²) in [5.41, 5.74) is 1.80. The van der Waals surface area contributed by atoms with E-state index < -0.39 is 0 Å². The molecular formula is C26H35ClN4O2. The van der Waals surface area contributed by atoms with Crippen LogP contribution in [0.4, 0.5) is 5.69 Å². The lowest BCUT2D eigenvalue weighted by Gasteiger charge is -2.43. The largest absolute Gasteiger partial charge is 0.346 e. The van der Waals surface area contributed by atoms with Crippen molar-refractivity contribution in [1.82, 2.24) is 15.4 Å².